The number of rotatable bonds is 2. The molecule has 0 spiro atoms. The zero-order chi connectivity index (χ0) is 10.0. The van der Waals surface area contributed by atoms with Crippen LogP contribution in [-0.4, -0.2) is 22.2 Å². The van der Waals surface area contributed by atoms with Gasteiger partial charge in [0.2, 0.25) is 0 Å². The number of benzene rings is 1. The minimum atomic E-state index is -1.18. The summed E-state index contributed by atoms with van der Waals surface area (Å²) in [5, 5.41) is 17.0. The van der Waals surface area contributed by atoms with Crippen molar-refractivity contribution in [3.8, 4) is 0 Å². The van der Waals surface area contributed by atoms with Crippen molar-refractivity contribution >= 4 is 35.9 Å². The Morgan fingerprint density at radius 3 is 2.07 bits per heavy atom. The third-order valence-corrected chi connectivity index (χ3v) is 1.76. The second-order valence-corrected chi connectivity index (χ2v) is 2.71. The highest BCUT2D eigenvalue weighted by Gasteiger charge is 2.11. The molecule has 0 aromatic heterocycles. The summed E-state index contributed by atoms with van der Waals surface area (Å²) in [4.78, 5) is 20.9. The number of carboxylic acid groups (broad SMARTS) is 2. The average molecular weight is 237 g/mol. The predicted molar refractivity (Wildman–Crippen MR) is 52.6 cm³/mol. The molecule has 76 valence electrons. The lowest BCUT2D eigenvalue weighted by Gasteiger charge is -1.99. The second-order valence-electron chi connectivity index (χ2n) is 2.30. The van der Waals surface area contributed by atoms with Gasteiger partial charge in [-0.25, -0.2) is 9.59 Å². The van der Waals surface area contributed by atoms with Crippen LogP contribution in [0.1, 0.15) is 20.7 Å². The van der Waals surface area contributed by atoms with E-state index in [1.807, 2.05) is 0 Å². The standard InChI is InChI=1S/C8H5ClO4.ClH/c9-6-3-4(7(10)11)1-2-5(6)8(12)13;/h1-3H,(H,10,11)(H,12,13);1H. The Kier molecular flexibility index (Phi) is 4.40. The van der Waals surface area contributed by atoms with E-state index in [1.54, 1.807) is 0 Å². The fourth-order valence-electron chi connectivity index (χ4n) is 0.822. The molecule has 0 heterocycles. The molecule has 0 saturated carbocycles. The maximum atomic E-state index is 10.5. The molecule has 0 aliphatic heterocycles. The smallest absolute Gasteiger partial charge is 0.337 e. The number of hydrogen-bond acceptors (Lipinski definition) is 2. The highest BCUT2D eigenvalue weighted by molar-refractivity contribution is 6.33. The SMILES string of the molecule is Cl.O=C(O)c1ccc(C(=O)O)c(Cl)c1. The van der Waals surface area contributed by atoms with Gasteiger partial charge in [0.1, 0.15) is 0 Å². The monoisotopic (exact) mass is 236 g/mol. The van der Waals surface area contributed by atoms with E-state index >= 15 is 0 Å². The lowest BCUT2D eigenvalue weighted by molar-refractivity contribution is 0.0681. The van der Waals surface area contributed by atoms with Gasteiger partial charge in [0.05, 0.1) is 16.1 Å². The molecule has 0 radical (unpaired) electrons. The highest BCUT2D eigenvalue weighted by Crippen LogP contribution is 2.17. The topological polar surface area (TPSA) is 74.6 Å². The fourth-order valence-corrected chi connectivity index (χ4v) is 1.08. The molecule has 1 rings (SSSR count). The van der Waals surface area contributed by atoms with E-state index < -0.39 is 11.9 Å². The predicted octanol–water partition coefficient (Wildman–Crippen LogP) is 2.16. The molecular weight excluding hydrogens is 231 g/mol. The van der Waals surface area contributed by atoms with Gasteiger partial charge < -0.3 is 10.2 Å². The van der Waals surface area contributed by atoms with E-state index in [4.69, 9.17) is 21.8 Å². The van der Waals surface area contributed by atoms with Crippen LogP contribution in [0.4, 0.5) is 0 Å². The molecule has 0 unspecified atom stereocenters. The zero-order valence-electron chi connectivity index (χ0n) is 6.73. The van der Waals surface area contributed by atoms with E-state index in [-0.39, 0.29) is 28.6 Å². The Balaban J connectivity index is 0.00000169. The van der Waals surface area contributed by atoms with E-state index in [9.17, 15) is 9.59 Å². The normalized spacial score (nSPS) is 8.93. The Bertz CT molecular complexity index is 376. The quantitative estimate of drug-likeness (QED) is 0.826. The lowest BCUT2D eigenvalue weighted by Crippen LogP contribution is -2.01. The van der Waals surface area contributed by atoms with Gasteiger partial charge in [0.25, 0.3) is 0 Å². The van der Waals surface area contributed by atoms with Gasteiger partial charge in [-0.15, -0.1) is 12.4 Å². The molecule has 0 saturated heterocycles. The first kappa shape index (κ1) is 12.7. The van der Waals surface area contributed by atoms with Crippen molar-refractivity contribution in [2.45, 2.75) is 0 Å². The Hall–Kier alpha value is -1.26. The number of carboxylic acids is 2. The molecule has 0 amide bonds. The van der Waals surface area contributed by atoms with Crippen molar-refractivity contribution < 1.29 is 19.8 Å². The van der Waals surface area contributed by atoms with Gasteiger partial charge in [-0.3, -0.25) is 0 Å². The molecule has 0 atom stereocenters. The lowest BCUT2D eigenvalue weighted by atomic mass is 10.1. The number of aromatic carboxylic acids is 2. The molecule has 1 aromatic rings. The summed E-state index contributed by atoms with van der Waals surface area (Å²) in [5.74, 6) is -2.32. The van der Waals surface area contributed by atoms with Crippen LogP contribution in [0.15, 0.2) is 18.2 Å². The van der Waals surface area contributed by atoms with Crippen molar-refractivity contribution in [1.82, 2.24) is 0 Å². The van der Waals surface area contributed by atoms with E-state index in [2.05, 4.69) is 0 Å². The van der Waals surface area contributed by atoms with Crippen LogP contribution >= 0.6 is 24.0 Å². The molecule has 0 aliphatic carbocycles. The largest absolute Gasteiger partial charge is 0.478 e. The Morgan fingerprint density at radius 2 is 1.71 bits per heavy atom. The van der Waals surface area contributed by atoms with Gasteiger partial charge in [-0.1, -0.05) is 11.6 Å². The third-order valence-electron chi connectivity index (χ3n) is 1.45. The highest BCUT2D eigenvalue weighted by atomic mass is 35.5. The van der Waals surface area contributed by atoms with Crippen LogP contribution in [0.25, 0.3) is 0 Å². The fraction of sp³-hybridized carbons (Fsp3) is 0. The third kappa shape index (κ3) is 2.61. The van der Waals surface area contributed by atoms with Crippen molar-refractivity contribution in [3.05, 3.63) is 34.3 Å². The molecule has 2 N–H and O–H groups in total. The van der Waals surface area contributed by atoms with Crippen molar-refractivity contribution in [2.75, 3.05) is 0 Å². The molecule has 6 heteroatoms. The molecule has 0 bridgehead atoms. The van der Waals surface area contributed by atoms with E-state index in [0.29, 0.717) is 0 Å². The number of halogens is 2. The second kappa shape index (κ2) is 4.83. The summed E-state index contributed by atoms with van der Waals surface area (Å²) in [6.45, 7) is 0. The summed E-state index contributed by atoms with van der Waals surface area (Å²) in [6.07, 6.45) is 0. The molecule has 14 heavy (non-hydrogen) atoms. The maximum absolute atomic E-state index is 10.5. The van der Waals surface area contributed by atoms with Crippen molar-refractivity contribution in [2.24, 2.45) is 0 Å². The van der Waals surface area contributed by atoms with E-state index in [0.717, 1.165) is 12.1 Å². The van der Waals surface area contributed by atoms with Crippen LogP contribution in [-0.2, 0) is 0 Å². The van der Waals surface area contributed by atoms with E-state index in [1.165, 1.54) is 6.07 Å². The van der Waals surface area contributed by atoms with Gasteiger partial charge in [-0.05, 0) is 18.2 Å². The van der Waals surface area contributed by atoms with Gasteiger partial charge in [0, 0.05) is 0 Å². The first-order chi connectivity index (χ1) is 6.02. The van der Waals surface area contributed by atoms with Crippen LogP contribution < -0.4 is 0 Å². The maximum Gasteiger partial charge on any atom is 0.337 e. The van der Waals surface area contributed by atoms with Crippen LogP contribution in [0.5, 0.6) is 0 Å². The average Bonchev–Trinajstić information content (AvgIpc) is 2.03. The van der Waals surface area contributed by atoms with Gasteiger partial charge in [0.15, 0.2) is 0 Å². The zero-order valence-corrected chi connectivity index (χ0v) is 8.30. The molecule has 1 aromatic carbocycles. The summed E-state index contributed by atoms with van der Waals surface area (Å²) in [5.41, 5.74) is -0.137. The summed E-state index contributed by atoms with van der Waals surface area (Å²) >= 11 is 5.52. The molecule has 0 fully saturated rings. The minimum Gasteiger partial charge on any atom is -0.478 e. The van der Waals surface area contributed by atoms with Crippen LogP contribution in [0.2, 0.25) is 5.02 Å². The molecular formula is C8H6Cl2O4. The van der Waals surface area contributed by atoms with Crippen molar-refractivity contribution in [1.29, 1.82) is 0 Å². The van der Waals surface area contributed by atoms with Crippen LogP contribution in [0, 0.1) is 0 Å². The molecule has 0 aliphatic rings. The summed E-state index contributed by atoms with van der Waals surface area (Å²) < 4.78 is 0. The first-order valence-corrected chi connectivity index (χ1v) is 3.66. The van der Waals surface area contributed by atoms with Crippen molar-refractivity contribution in [3.63, 3.8) is 0 Å². The number of hydrogen-bond donors (Lipinski definition) is 2. The summed E-state index contributed by atoms with van der Waals surface area (Å²) in [7, 11) is 0. The first-order valence-electron chi connectivity index (χ1n) is 3.28. The molecule has 4 nitrogen and oxygen atoms in total. The van der Waals surface area contributed by atoms with Crippen LogP contribution in [0.3, 0.4) is 0 Å². The minimum absolute atomic E-state index is 0. The van der Waals surface area contributed by atoms with Gasteiger partial charge >= 0.3 is 11.9 Å². The van der Waals surface area contributed by atoms with Gasteiger partial charge in [-0.2, -0.15) is 0 Å². The number of carbonyl (C=O) groups is 2. The Morgan fingerprint density at radius 1 is 1.14 bits per heavy atom. The Labute approximate surface area is 90.5 Å². The summed E-state index contributed by atoms with van der Waals surface area (Å²) in [6, 6.07) is 3.46.